The zero-order valence-electron chi connectivity index (χ0n) is 12.3. The molecule has 4 N–H and O–H groups in total. The fourth-order valence-electron chi connectivity index (χ4n) is 2.16. The average Bonchev–Trinajstić information content (AvgIpc) is 2.41. The molecule has 0 bridgehead atoms. The van der Waals surface area contributed by atoms with Crippen LogP contribution >= 0.6 is 0 Å². The molecular weight excluding hydrogens is 270 g/mol. The molecule has 0 spiro atoms. The number of nitrogen functional groups attached to an aromatic ring is 1. The van der Waals surface area contributed by atoms with Crippen LogP contribution < -0.4 is 11.1 Å². The number of anilines is 1. The summed E-state index contributed by atoms with van der Waals surface area (Å²) in [5.41, 5.74) is 5.79. The minimum absolute atomic E-state index is 0.0720. The van der Waals surface area contributed by atoms with E-state index >= 15 is 0 Å². The zero-order valence-corrected chi connectivity index (χ0v) is 12.3. The fraction of sp³-hybridized carbons (Fsp3) is 0.467. The largest absolute Gasteiger partial charge is 0.399 e. The maximum absolute atomic E-state index is 11.9. The van der Waals surface area contributed by atoms with Crippen molar-refractivity contribution >= 4 is 17.5 Å². The second kappa shape index (κ2) is 5.73. The van der Waals surface area contributed by atoms with Crippen LogP contribution in [-0.2, 0) is 4.79 Å². The summed E-state index contributed by atoms with van der Waals surface area (Å²) in [6, 6.07) is 6.48. The molecule has 21 heavy (non-hydrogen) atoms. The van der Waals surface area contributed by atoms with E-state index in [0.717, 1.165) is 0 Å². The Morgan fingerprint density at radius 1 is 1.33 bits per heavy atom. The van der Waals surface area contributed by atoms with Gasteiger partial charge in [-0.1, -0.05) is 13.8 Å². The Kier molecular flexibility index (Phi) is 4.18. The van der Waals surface area contributed by atoms with Crippen LogP contribution in [0.1, 0.15) is 24.2 Å². The molecule has 1 fully saturated rings. The van der Waals surface area contributed by atoms with Gasteiger partial charge in [0.15, 0.2) is 0 Å². The number of β-amino-alcohol motifs (C(OH)–C–C–N with tert-alkyl or cyclic N) is 1. The summed E-state index contributed by atoms with van der Waals surface area (Å²) in [6.45, 7) is 4.41. The second-order valence-electron chi connectivity index (χ2n) is 5.81. The van der Waals surface area contributed by atoms with Crippen LogP contribution in [0.15, 0.2) is 24.3 Å². The zero-order chi connectivity index (χ0) is 15.6. The Morgan fingerprint density at radius 3 is 2.43 bits per heavy atom. The first-order valence-electron chi connectivity index (χ1n) is 6.96. The molecule has 6 heteroatoms. The molecule has 1 aliphatic heterocycles. The van der Waals surface area contributed by atoms with E-state index in [1.807, 2.05) is 13.8 Å². The molecule has 0 aliphatic carbocycles. The lowest BCUT2D eigenvalue weighted by Gasteiger charge is -2.49. The molecule has 2 rings (SSSR count). The first kappa shape index (κ1) is 15.3. The maximum atomic E-state index is 11.9. The molecule has 1 saturated heterocycles. The van der Waals surface area contributed by atoms with E-state index in [1.54, 1.807) is 29.2 Å². The molecule has 114 valence electrons. The minimum atomic E-state index is -0.795. The molecule has 2 amide bonds. The third-order valence-electron chi connectivity index (χ3n) is 3.93. The van der Waals surface area contributed by atoms with Crippen molar-refractivity contribution in [2.45, 2.75) is 19.4 Å². The minimum Gasteiger partial charge on any atom is -0.399 e. The Morgan fingerprint density at radius 2 is 1.90 bits per heavy atom. The average molecular weight is 291 g/mol. The number of nitrogens with one attached hydrogen (secondary N) is 1. The van der Waals surface area contributed by atoms with Gasteiger partial charge in [0.2, 0.25) is 5.91 Å². The summed E-state index contributed by atoms with van der Waals surface area (Å²) in [5.74, 6) is -0.405. The highest BCUT2D eigenvalue weighted by Gasteiger charge is 2.45. The summed E-state index contributed by atoms with van der Waals surface area (Å²) in [5, 5.41) is 12.7. The summed E-state index contributed by atoms with van der Waals surface area (Å²) < 4.78 is 0. The number of aliphatic hydroxyl groups is 1. The second-order valence-corrected chi connectivity index (χ2v) is 5.81. The molecule has 1 aromatic carbocycles. The van der Waals surface area contributed by atoms with Gasteiger partial charge in [-0.3, -0.25) is 9.59 Å². The molecular formula is C15H21N3O3. The summed E-state index contributed by atoms with van der Waals surface area (Å²) in [4.78, 5) is 25.3. The highest BCUT2D eigenvalue weighted by atomic mass is 16.3. The molecule has 1 aromatic rings. The normalized spacial score (nSPS) is 16.5. The van der Waals surface area contributed by atoms with Crippen molar-refractivity contribution in [2.24, 2.45) is 5.92 Å². The van der Waals surface area contributed by atoms with Crippen molar-refractivity contribution < 1.29 is 14.7 Å². The highest BCUT2D eigenvalue weighted by Crippen LogP contribution is 2.28. The quantitative estimate of drug-likeness (QED) is 0.692. The van der Waals surface area contributed by atoms with Crippen molar-refractivity contribution in [1.82, 2.24) is 10.2 Å². The number of nitrogens with two attached hydrogens (primary N) is 1. The van der Waals surface area contributed by atoms with Crippen molar-refractivity contribution in [3.63, 3.8) is 0 Å². The monoisotopic (exact) mass is 291 g/mol. The lowest BCUT2D eigenvalue weighted by Crippen LogP contribution is -2.67. The van der Waals surface area contributed by atoms with Gasteiger partial charge >= 0.3 is 0 Å². The fourth-order valence-corrected chi connectivity index (χ4v) is 2.16. The van der Waals surface area contributed by atoms with E-state index in [0.29, 0.717) is 24.3 Å². The topological polar surface area (TPSA) is 95.7 Å². The van der Waals surface area contributed by atoms with Crippen LogP contribution in [0, 0.1) is 5.92 Å². The number of nitrogens with zero attached hydrogens (tertiary/aromatic N) is 1. The molecule has 0 saturated carbocycles. The number of benzene rings is 1. The SMILES string of the molecule is CC(C)C1(O)CN(C(=O)CNC(=O)c2ccc(N)cc2)C1. The van der Waals surface area contributed by atoms with Gasteiger partial charge in [-0.2, -0.15) is 0 Å². The van der Waals surface area contributed by atoms with E-state index < -0.39 is 5.60 Å². The predicted molar refractivity (Wildman–Crippen MR) is 79.6 cm³/mol. The van der Waals surface area contributed by atoms with Gasteiger partial charge in [-0.15, -0.1) is 0 Å². The first-order valence-corrected chi connectivity index (χ1v) is 6.96. The van der Waals surface area contributed by atoms with Crippen molar-refractivity contribution in [3.8, 4) is 0 Å². The smallest absolute Gasteiger partial charge is 0.251 e. The van der Waals surface area contributed by atoms with E-state index in [9.17, 15) is 14.7 Å². The van der Waals surface area contributed by atoms with Gasteiger partial charge in [0.05, 0.1) is 19.6 Å². The van der Waals surface area contributed by atoms with E-state index in [2.05, 4.69) is 5.32 Å². The Balaban J connectivity index is 1.80. The van der Waals surface area contributed by atoms with Crippen LogP contribution in [0.2, 0.25) is 0 Å². The summed E-state index contributed by atoms with van der Waals surface area (Å²) >= 11 is 0. The third kappa shape index (κ3) is 3.33. The van der Waals surface area contributed by atoms with Crippen LogP contribution in [0.5, 0.6) is 0 Å². The van der Waals surface area contributed by atoms with Crippen LogP contribution in [0.25, 0.3) is 0 Å². The molecule has 1 heterocycles. The summed E-state index contributed by atoms with van der Waals surface area (Å²) in [7, 11) is 0. The van der Waals surface area contributed by atoms with Crippen molar-refractivity contribution in [3.05, 3.63) is 29.8 Å². The molecule has 0 aromatic heterocycles. The van der Waals surface area contributed by atoms with E-state index in [1.165, 1.54) is 0 Å². The van der Waals surface area contributed by atoms with Gasteiger partial charge < -0.3 is 21.1 Å². The number of carbonyl (C=O) groups is 2. The lowest BCUT2D eigenvalue weighted by molar-refractivity contribution is -0.162. The summed E-state index contributed by atoms with van der Waals surface area (Å²) in [6.07, 6.45) is 0. The molecule has 6 nitrogen and oxygen atoms in total. The molecule has 0 radical (unpaired) electrons. The molecule has 1 aliphatic rings. The van der Waals surface area contributed by atoms with Crippen LogP contribution in [0.3, 0.4) is 0 Å². The number of amides is 2. The standard InChI is InChI=1S/C15H21N3O3/c1-10(2)15(21)8-18(9-15)13(19)7-17-14(20)11-3-5-12(16)6-4-11/h3-6,10,21H,7-9,16H2,1-2H3,(H,17,20). The molecule has 0 unspecified atom stereocenters. The van der Waals surface area contributed by atoms with E-state index in [-0.39, 0.29) is 24.3 Å². The van der Waals surface area contributed by atoms with Crippen LogP contribution in [0.4, 0.5) is 5.69 Å². The van der Waals surface area contributed by atoms with Gasteiger partial charge in [0, 0.05) is 11.3 Å². The van der Waals surface area contributed by atoms with Gasteiger partial charge in [-0.25, -0.2) is 0 Å². The van der Waals surface area contributed by atoms with Gasteiger partial charge in [-0.05, 0) is 30.2 Å². The van der Waals surface area contributed by atoms with Crippen LogP contribution in [-0.4, -0.2) is 47.1 Å². The Labute approximate surface area is 123 Å². The van der Waals surface area contributed by atoms with Gasteiger partial charge in [0.1, 0.15) is 5.60 Å². The number of hydrogen-bond acceptors (Lipinski definition) is 4. The number of likely N-dealkylation sites (tertiary alicyclic amines) is 1. The van der Waals surface area contributed by atoms with E-state index in [4.69, 9.17) is 5.73 Å². The number of hydrogen-bond donors (Lipinski definition) is 3. The Hall–Kier alpha value is -2.08. The Bertz CT molecular complexity index is 534. The molecule has 0 atom stereocenters. The lowest BCUT2D eigenvalue weighted by atomic mass is 9.83. The third-order valence-corrected chi connectivity index (χ3v) is 3.93. The predicted octanol–water partition coefficient (Wildman–Crippen LogP) is 0.228. The maximum Gasteiger partial charge on any atom is 0.251 e. The first-order chi connectivity index (χ1) is 9.82. The van der Waals surface area contributed by atoms with Gasteiger partial charge in [0.25, 0.3) is 5.91 Å². The number of rotatable bonds is 4. The number of carbonyl (C=O) groups excluding carboxylic acids is 2. The highest BCUT2D eigenvalue weighted by molar-refractivity contribution is 5.96. The van der Waals surface area contributed by atoms with Crippen molar-refractivity contribution in [2.75, 3.05) is 25.4 Å². The van der Waals surface area contributed by atoms with Crippen molar-refractivity contribution in [1.29, 1.82) is 0 Å².